The average molecular weight is 465 g/mol. The van der Waals surface area contributed by atoms with Crippen molar-refractivity contribution in [2.75, 3.05) is 58.3 Å². The minimum absolute atomic E-state index is 0.0950. The molecule has 3 amide bonds. The number of urea groups is 1. The summed E-state index contributed by atoms with van der Waals surface area (Å²) in [5, 5.41) is 13.0. The number of hydrogen-bond donors (Lipinski definition) is 2. The van der Waals surface area contributed by atoms with Crippen LogP contribution < -0.4 is 5.32 Å². The van der Waals surface area contributed by atoms with E-state index in [1.165, 1.54) is 24.3 Å². The van der Waals surface area contributed by atoms with Crippen molar-refractivity contribution in [2.45, 2.75) is 43.6 Å². The monoisotopic (exact) mass is 464 g/mol. The summed E-state index contributed by atoms with van der Waals surface area (Å²) in [4.78, 5) is 31.5. The van der Waals surface area contributed by atoms with Crippen molar-refractivity contribution < 1.29 is 28.6 Å². The summed E-state index contributed by atoms with van der Waals surface area (Å²) in [5.74, 6) is -0.288. The maximum atomic E-state index is 13.2. The minimum Gasteiger partial charge on any atom is -0.389 e. The van der Waals surface area contributed by atoms with Crippen molar-refractivity contribution in [2.24, 2.45) is 0 Å². The van der Waals surface area contributed by atoms with Gasteiger partial charge >= 0.3 is 6.03 Å². The zero-order valence-electron chi connectivity index (χ0n) is 19.0. The molecule has 33 heavy (non-hydrogen) atoms. The SMILES string of the molecule is CN1CCN(C(=O)C[C@H]2CC[C@H]3[C@@H](COC[C@H](O)CN3C(=O)Nc3ccc(F)cc3)O2)CC1. The maximum Gasteiger partial charge on any atom is 0.322 e. The van der Waals surface area contributed by atoms with Gasteiger partial charge in [0.05, 0.1) is 44.4 Å². The highest BCUT2D eigenvalue weighted by molar-refractivity contribution is 5.89. The molecule has 3 aliphatic heterocycles. The van der Waals surface area contributed by atoms with Crippen LogP contribution >= 0.6 is 0 Å². The Morgan fingerprint density at radius 3 is 2.58 bits per heavy atom. The Balaban J connectivity index is 1.39. The van der Waals surface area contributed by atoms with Gasteiger partial charge in [-0.05, 0) is 44.2 Å². The number of carbonyl (C=O) groups excluding carboxylic acids is 2. The van der Waals surface area contributed by atoms with E-state index >= 15 is 0 Å². The number of aliphatic hydroxyl groups excluding tert-OH is 1. The van der Waals surface area contributed by atoms with E-state index in [1.807, 2.05) is 4.90 Å². The number of benzene rings is 1. The summed E-state index contributed by atoms with van der Waals surface area (Å²) in [6.45, 7) is 3.63. The predicted molar refractivity (Wildman–Crippen MR) is 119 cm³/mol. The fourth-order valence-electron chi connectivity index (χ4n) is 4.68. The van der Waals surface area contributed by atoms with Crippen LogP contribution in [0.3, 0.4) is 0 Å². The molecule has 0 bridgehead atoms. The standard InChI is InChI=1S/C23H33FN4O5/c1-26-8-10-27(11-9-26)22(30)12-19-6-7-20-21(33-19)15-32-14-18(29)13-28(20)23(31)25-17-4-2-16(24)3-5-17/h2-5,18-21,29H,6-15H2,1H3,(H,25,31)/t18-,19-,20+,21-/m1/s1. The fourth-order valence-corrected chi connectivity index (χ4v) is 4.68. The Morgan fingerprint density at radius 1 is 1.12 bits per heavy atom. The zero-order chi connectivity index (χ0) is 23.4. The van der Waals surface area contributed by atoms with E-state index in [9.17, 15) is 19.1 Å². The van der Waals surface area contributed by atoms with E-state index in [0.717, 1.165) is 26.2 Å². The smallest absolute Gasteiger partial charge is 0.322 e. The number of carbonyl (C=O) groups is 2. The Kier molecular flexibility index (Phi) is 7.79. The van der Waals surface area contributed by atoms with E-state index in [-0.39, 0.29) is 49.7 Å². The first-order valence-corrected chi connectivity index (χ1v) is 11.6. The highest BCUT2D eigenvalue weighted by atomic mass is 19.1. The normalized spacial score (nSPS) is 29.1. The number of β-amino-alcohol motifs (C(OH)–C–C–N with tert-alkyl or cyclic N) is 1. The lowest BCUT2D eigenvalue weighted by atomic mass is 9.94. The van der Waals surface area contributed by atoms with Crippen molar-refractivity contribution in [3.05, 3.63) is 30.1 Å². The Bertz CT molecular complexity index is 818. The molecule has 3 heterocycles. The summed E-state index contributed by atoms with van der Waals surface area (Å²) in [7, 11) is 2.05. The molecular formula is C23H33FN4O5. The van der Waals surface area contributed by atoms with Gasteiger partial charge in [-0.2, -0.15) is 0 Å². The number of hydrogen-bond acceptors (Lipinski definition) is 6. The molecule has 0 saturated carbocycles. The van der Waals surface area contributed by atoms with Gasteiger partial charge in [-0.15, -0.1) is 0 Å². The van der Waals surface area contributed by atoms with Crippen molar-refractivity contribution >= 4 is 17.6 Å². The third-order valence-corrected chi connectivity index (χ3v) is 6.60. The zero-order valence-corrected chi connectivity index (χ0v) is 19.0. The molecule has 0 radical (unpaired) electrons. The van der Waals surface area contributed by atoms with Gasteiger partial charge in [0.15, 0.2) is 0 Å². The second-order valence-electron chi connectivity index (χ2n) is 9.11. The van der Waals surface area contributed by atoms with Crippen LogP contribution in [-0.2, 0) is 14.3 Å². The quantitative estimate of drug-likeness (QED) is 0.697. The van der Waals surface area contributed by atoms with Crippen LogP contribution in [0, 0.1) is 5.82 Å². The first-order valence-electron chi connectivity index (χ1n) is 11.6. The van der Waals surface area contributed by atoms with Gasteiger partial charge in [0.1, 0.15) is 11.9 Å². The molecule has 3 fully saturated rings. The van der Waals surface area contributed by atoms with Gasteiger partial charge in [0.25, 0.3) is 0 Å². The van der Waals surface area contributed by atoms with Crippen molar-refractivity contribution in [1.29, 1.82) is 0 Å². The molecule has 2 N–H and O–H groups in total. The molecule has 3 aliphatic rings. The van der Waals surface area contributed by atoms with E-state index in [0.29, 0.717) is 24.9 Å². The number of rotatable bonds is 3. The summed E-state index contributed by atoms with van der Waals surface area (Å²) in [5.41, 5.74) is 0.470. The molecule has 0 aliphatic carbocycles. The summed E-state index contributed by atoms with van der Waals surface area (Å²) < 4.78 is 25.1. The number of nitrogens with zero attached hydrogens (tertiary/aromatic N) is 3. The second-order valence-corrected chi connectivity index (χ2v) is 9.11. The van der Waals surface area contributed by atoms with E-state index in [2.05, 4.69) is 17.3 Å². The number of fused-ring (bicyclic) bond motifs is 1. The molecule has 1 aromatic rings. The van der Waals surface area contributed by atoms with Crippen LogP contribution in [0.25, 0.3) is 0 Å². The van der Waals surface area contributed by atoms with Crippen molar-refractivity contribution in [3.63, 3.8) is 0 Å². The molecule has 0 spiro atoms. The van der Waals surface area contributed by atoms with Gasteiger partial charge in [0, 0.05) is 31.9 Å². The molecule has 4 atom stereocenters. The fraction of sp³-hybridized carbons (Fsp3) is 0.652. The molecule has 10 heteroatoms. The molecule has 182 valence electrons. The first kappa shape index (κ1) is 23.9. The van der Waals surface area contributed by atoms with Crippen molar-refractivity contribution in [3.8, 4) is 0 Å². The van der Waals surface area contributed by atoms with Crippen LogP contribution in [0.15, 0.2) is 24.3 Å². The molecule has 0 aromatic heterocycles. The van der Waals surface area contributed by atoms with Gasteiger partial charge in [-0.25, -0.2) is 9.18 Å². The molecule has 1 aromatic carbocycles. The molecule has 3 saturated heterocycles. The first-order chi connectivity index (χ1) is 15.9. The maximum absolute atomic E-state index is 13.2. The Labute approximate surface area is 193 Å². The van der Waals surface area contributed by atoms with Gasteiger partial charge in [-0.1, -0.05) is 0 Å². The van der Waals surface area contributed by atoms with Crippen LogP contribution in [0.2, 0.25) is 0 Å². The Hall–Kier alpha value is -2.27. The number of halogens is 1. The number of piperazine rings is 1. The lowest BCUT2D eigenvalue weighted by Crippen LogP contribution is -2.58. The van der Waals surface area contributed by atoms with Gasteiger partial charge in [0.2, 0.25) is 5.91 Å². The lowest BCUT2D eigenvalue weighted by Gasteiger charge is -2.44. The average Bonchev–Trinajstić information content (AvgIpc) is 2.78. The number of anilines is 1. The summed E-state index contributed by atoms with van der Waals surface area (Å²) in [6.07, 6.45) is 0.150. The molecule has 4 rings (SSSR count). The second kappa shape index (κ2) is 10.8. The minimum atomic E-state index is -0.818. The molecule has 9 nitrogen and oxygen atoms in total. The third kappa shape index (κ3) is 6.20. The Morgan fingerprint density at radius 2 is 1.85 bits per heavy atom. The third-order valence-electron chi connectivity index (χ3n) is 6.60. The predicted octanol–water partition coefficient (Wildman–Crippen LogP) is 1.13. The van der Waals surface area contributed by atoms with Crippen LogP contribution in [0.5, 0.6) is 0 Å². The van der Waals surface area contributed by atoms with E-state index in [4.69, 9.17) is 9.47 Å². The number of ether oxygens (including phenoxy) is 2. The van der Waals surface area contributed by atoms with Gasteiger partial charge < -0.3 is 34.6 Å². The summed E-state index contributed by atoms with van der Waals surface area (Å²) in [6, 6.07) is 4.86. The number of aliphatic hydroxyl groups is 1. The van der Waals surface area contributed by atoms with Gasteiger partial charge in [-0.3, -0.25) is 4.79 Å². The molecule has 0 unspecified atom stereocenters. The topological polar surface area (TPSA) is 94.6 Å². The largest absolute Gasteiger partial charge is 0.389 e. The summed E-state index contributed by atoms with van der Waals surface area (Å²) >= 11 is 0. The van der Waals surface area contributed by atoms with Crippen LogP contribution in [-0.4, -0.2) is 109 Å². The van der Waals surface area contributed by atoms with Crippen LogP contribution in [0.1, 0.15) is 19.3 Å². The highest BCUT2D eigenvalue weighted by Gasteiger charge is 2.40. The van der Waals surface area contributed by atoms with E-state index in [1.54, 1.807) is 4.90 Å². The number of likely N-dealkylation sites (N-methyl/N-ethyl adjacent to an activating group) is 1. The number of amides is 3. The number of nitrogens with one attached hydrogen (secondary N) is 1. The van der Waals surface area contributed by atoms with Crippen molar-refractivity contribution in [1.82, 2.24) is 14.7 Å². The van der Waals surface area contributed by atoms with E-state index < -0.39 is 12.2 Å². The lowest BCUT2D eigenvalue weighted by molar-refractivity contribution is -0.155. The highest BCUT2D eigenvalue weighted by Crippen LogP contribution is 2.28. The molecular weight excluding hydrogens is 431 g/mol. The van der Waals surface area contributed by atoms with Crippen LogP contribution in [0.4, 0.5) is 14.9 Å².